The van der Waals surface area contributed by atoms with Crippen LogP contribution in [0, 0.1) is 11.7 Å². The van der Waals surface area contributed by atoms with Crippen molar-refractivity contribution in [3.8, 4) is 0 Å². The molecule has 2 amide bonds. The monoisotopic (exact) mass is 336 g/mol. The highest BCUT2D eigenvalue weighted by atomic mass is 32.1. The Kier molecular flexibility index (Phi) is 5.75. The van der Waals surface area contributed by atoms with Crippen LogP contribution in [0.1, 0.15) is 30.8 Å². The average molecular weight is 336 g/mol. The second kappa shape index (κ2) is 7.77. The Hall–Kier alpha value is -2.35. The van der Waals surface area contributed by atoms with Gasteiger partial charge in [0.05, 0.1) is 0 Å². The van der Waals surface area contributed by atoms with E-state index in [9.17, 15) is 14.0 Å². The molecule has 2 aromatic rings. The molecule has 0 aromatic carbocycles. The van der Waals surface area contributed by atoms with E-state index in [2.05, 4.69) is 20.6 Å². The highest BCUT2D eigenvalue weighted by Gasteiger charge is 2.24. The predicted molar refractivity (Wildman–Crippen MR) is 85.6 cm³/mol. The summed E-state index contributed by atoms with van der Waals surface area (Å²) < 4.78 is 13.6. The van der Waals surface area contributed by atoms with Gasteiger partial charge in [0.15, 0.2) is 16.6 Å². The highest BCUT2D eigenvalue weighted by molar-refractivity contribution is 7.13. The van der Waals surface area contributed by atoms with Gasteiger partial charge in [-0.05, 0) is 24.5 Å². The number of hydrogen-bond donors (Lipinski definition) is 2. The fraction of sp³-hybridized carbons (Fsp3) is 0.333. The van der Waals surface area contributed by atoms with Crippen LogP contribution in [-0.2, 0) is 4.79 Å². The van der Waals surface area contributed by atoms with E-state index in [1.807, 2.05) is 13.8 Å². The van der Waals surface area contributed by atoms with Gasteiger partial charge in [-0.3, -0.25) is 9.59 Å². The number of halogens is 1. The Bertz CT molecular complexity index is 676. The van der Waals surface area contributed by atoms with E-state index >= 15 is 0 Å². The fourth-order valence-electron chi connectivity index (χ4n) is 1.96. The number of hydrogen-bond acceptors (Lipinski definition) is 5. The quantitative estimate of drug-likeness (QED) is 0.849. The number of pyridine rings is 1. The summed E-state index contributed by atoms with van der Waals surface area (Å²) in [7, 11) is 0. The molecule has 23 heavy (non-hydrogen) atoms. The van der Waals surface area contributed by atoms with Crippen LogP contribution in [0.15, 0.2) is 29.9 Å². The molecule has 2 rings (SSSR count). The van der Waals surface area contributed by atoms with Crippen LogP contribution in [0.3, 0.4) is 0 Å². The van der Waals surface area contributed by atoms with Gasteiger partial charge in [0.2, 0.25) is 5.91 Å². The van der Waals surface area contributed by atoms with Gasteiger partial charge in [0.1, 0.15) is 6.04 Å². The first-order valence-corrected chi connectivity index (χ1v) is 7.97. The first kappa shape index (κ1) is 17.0. The highest BCUT2D eigenvalue weighted by Crippen LogP contribution is 2.13. The Morgan fingerprint density at radius 1 is 1.30 bits per heavy atom. The van der Waals surface area contributed by atoms with Crippen molar-refractivity contribution in [1.29, 1.82) is 0 Å². The van der Waals surface area contributed by atoms with E-state index in [-0.39, 0.29) is 11.6 Å². The summed E-state index contributed by atoms with van der Waals surface area (Å²) in [6.07, 6.45) is 3.31. The fourth-order valence-corrected chi connectivity index (χ4v) is 2.49. The number of rotatable bonds is 6. The lowest BCUT2D eigenvalue weighted by atomic mass is 10.0. The lowest BCUT2D eigenvalue weighted by Gasteiger charge is -2.19. The van der Waals surface area contributed by atoms with Gasteiger partial charge in [0, 0.05) is 17.8 Å². The SMILES string of the molecule is CC(C)CC(NC(=O)c1ncccc1F)C(=O)Nc1nccs1. The van der Waals surface area contributed by atoms with Crippen molar-refractivity contribution in [3.05, 3.63) is 41.4 Å². The second-order valence-corrected chi connectivity index (χ2v) is 6.21. The number of carbonyl (C=O) groups is 2. The third-order valence-electron chi connectivity index (χ3n) is 2.96. The molecule has 0 saturated carbocycles. The molecule has 1 unspecified atom stereocenters. The van der Waals surface area contributed by atoms with Crippen molar-refractivity contribution in [3.63, 3.8) is 0 Å². The molecule has 2 heterocycles. The van der Waals surface area contributed by atoms with Gasteiger partial charge >= 0.3 is 0 Å². The first-order valence-electron chi connectivity index (χ1n) is 7.09. The number of aromatic nitrogens is 2. The molecule has 0 aliphatic rings. The zero-order valence-corrected chi connectivity index (χ0v) is 13.6. The molecule has 122 valence electrons. The maximum atomic E-state index is 13.6. The molecule has 0 aliphatic carbocycles. The van der Waals surface area contributed by atoms with Gasteiger partial charge in [0.25, 0.3) is 5.91 Å². The molecule has 0 spiro atoms. The minimum Gasteiger partial charge on any atom is -0.339 e. The number of nitrogens with zero attached hydrogens (tertiary/aromatic N) is 2. The van der Waals surface area contributed by atoms with Crippen LogP contribution >= 0.6 is 11.3 Å². The Morgan fingerprint density at radius 2 is 2.09 bits per heavy atom. The normalized spacial score (nSPS) is 12.0. The predicted octanol–water partition coefficient (Wildman–Crippen LogP) is 2.46. The van der Waals surface area contributed by atoms with Gasteiger partial charge in [-0.15, -0.1) is 11.3 Å². The van der Waals surface area contributed by atoms with E-state index < -0.39 is 23.7 Å². The summed E-state index contributed by atoms with van der Waals surface area (Å²) in [4.78, 5) is 32.2. The lowest BCUT2D eigenvalue weighted by Crippen LogP contribution is -2.45. The van der Waals surface area contributed by atoms with Crippen LogP contribution in [-0.4, -0.2) is 27.8 Å². The van der Waals surface area contributed by atoms with Crippen LogP contribution in [0.4, 0.5) is 9.52 Å². The van der Waals surface area contributed by atoms with Crippen LogP contribution < -0.4 is 10.6 Å². The Balaban J connectivity index is 2.10. The molecule has 0 aliphatic heterocycles. The molecule has 1 atom stereocenters. The van der Waals surface area contributed by atoms with Crippen molar-refractivity contribution in [2.24, 2.45) is 5.92 Å². The molecule has 0 bridgehead atoms. The Morgan fingerprint density at radius 3 is 2.70 bits per heavy atom. The van der Waals surface area contributed by atoms with Crippen LogP contribution in [0.2, 0.25) is 0 Å². The van der Waals surface area contributed by atoms with E-state index in [1.165, 1.54) is 23.6 Å². The summed E-state index contributed by atoms with van der Waals surface area (Å²) in [5, 5.41) is 7.36. The summed E-state index contributed by atoms with van der Waals surface area (Å²) in [5.41, 5.74) is -0.330. The number of thiazole rings is 1. The summed E-state index contributed by atoms with van der Waals surface area (Å²) in [6, 6.07) is 1.75. The van der Waals surface area contributed by atoms with Crippen molar-refractivity contribution in [2.75, 3.05) is 5.32 Å². The molecular weight excluding hydrogens is 319 g/mol. The molecule has 0 saturated heterocycles. The minimum atomic E-state index is -0.798. The minimum absolute atomic E-state index is 0.163. The second-order valence-electron chi connectivity index (χ2n) is 5.32. The first-order chi connectivity index (χ1) is 11.0. The number of nitrogens with one attached hydrogen (secondary N) is 2. The molecule has 2 aromatic heterocycles. The summed E-state index contributed by atoms with van der Waals surface area (Å²) >= 11 is 1.28. The van der Waals surface area contributed by atoms with E-state index in [1.54, 1.807) is 11.6 Å². The molecular formula is C15H17FN4O2S. The van der Waals surface area contributed by atoms with Gasteiger partial charge in [-0.25, -0.2) is 14.4 Å². The van der Waals surface area contributed by atoms with Crippen LogP contribution in [0.5, 0.6) is 0 Å². The third kappa shape index (κ3) is 4.82. The van der Waals surface area contributed by atoms with E-state index in [4.69, 9.17) is 0 Å². The van der Waals surface area contributed by atoms with Crippen LogP contribution in [0.25, 0.3) is 0 Å². The van der Waals surface area contributed by atoms with E-state index in [0.717, 1.165) is 6.07 Å². The molecule has 0 fully saturated rings. The van der Waals surface area contributed by atoms with Gasteiger partial charge in [-0.2, -0.15) is 0 Å². The molecule has 8 heteroatoms. The van der Waals surface area contributed by atoms with Crippen molar-refractivity contribution in [2.45, 2.75) is 26.3 Å². The summed E-state index contributed by atoms with van der Waals surface area (Å²) in [5.74, 6) is -1.68. The zero-order valence-electron chi connectivity index (χ0n) is 12.7. The Labute approximate surface area is 137 Å². The molecule has 6 nitrogen and oxygen atoms in total. The molecule has 2 N–H and O–H groups in total. The molecule has 0 radical (unpaired) electrons. The average Bonchev–Trinajstić information content (AvgIpc) is 2.99. The smallest absolute Gasteiger partial charge is 0.273 e. The van der Waals surface area contributed by atoms with Gasteiger partial charge in [-0.1, -0.05) is 13.8 Å². The third-order valence-corrected chi connectivity index (χ3v) is 3.65. The van der Waals surface area contributed by atoms with Crippen molar-refractivity contribution >= 4 is 28.3 Å². The zero-order chi connectivity index (χ0) is 16.8. The topological polar surface area (TPSA) is 84.0 Å². The van der Waals surface area contributed by atoms with Gasteiger partial charge < -0.3 is 10.6 Å². The van der Waals surface area contributed by atoms with E-state index in [0.29, 0.717) is 11.6 Å². The summed E-state index contributed by atoms with van der Waals surface area (Å²) in [6.45, 7) is 3.86. The largest absolute Gasteiger partial charge is 0.339 e. The number of amides is 2. The number of carbonyl (C=O) groups excluding carboxylic acids is 2. The maximum absolute atomic E-state index is 13.6. The standard InChI is InChI=1S/C15H17FN4O2S/c1-9(2)8-11(13(21)20-15-18-6-7-23-15)19-14(22)12-10(16)4-3-5-17-12/h3-7,9,11H,8H2,1-2H3,(H,19,22)(H,18,20,21). The van der Waals surface area contributed by atoms with Crippen molar-refractivity contribution in [1.82, 2.24) is 15.3 Å². The number of anilines is 1. The lowest BCUT2D eigenvalue weighted by molar-refractivity contribution is -0.118. The van der Waals surface area contributed by atoms with Crippen molar-refractivity contribution < 1.29 is 14.0 Å². The maximum Gasteiger partial charge on any atom is 0.273 e.